The molecular weight excluding hydrogens is 332 g/mol. The van der Waals surface area contributed by atoms with E-state index < -0.39 is 0 Å². The summed E-state index contributed by atoms with van der Waals surface area (Å²) in [5.74, 6) is 1.62. The Balaban J connectivity index is 1.65. The van der Waals surface area contributed by atoms with Crippen molar-refractivity contribution in [3.63, 3.8) is 0 Å². The molecule has 3 rings (SSSR count). The van der Waals surface area contributed by atoms with Gasteiger partial charge in [-0.1, -0.05) is 18.2 Å². The lowest BCUT2D eigenvalue weighted by Gasteiger charge is -2.10. The molecular formula is C18H22N6S. The number of benzene rings is 1. The van der Waals surface area contributed by atoms with Gasteiger partial charge in [0.15, 0.2) is 17.4 Å². The molecule has 130 valence electrons. The molecule has 1 aromatic carbocycles. The average molecular weight is 354 g/mol. The van der Waals surface area contributed by atoms with Gasteiger partial charge in [-0.3, -0.25) is 4.40 Å². The summed E-state index contributed by atoms with van der Waals surface area (Å²) in [6.45, 7) is 4.04. The Morgan fingerprint density at radius 3 is 2.72 bits per heavy atom. The Morgan fingerprint density at radius 1 is 1.12 bits per heavy atom. The molecule has 0 unspecified atom stereocenters. The van der Waals surface area contributed by atoms with E-state index in [0.717, 1.165) is 24.0 Å². The number of aliphatic imine (C=N–C) groups is 1. The van der Waals surface area contributed by atoms with Crippen LogP contribution in [0.5, 0.6) is 0 Å². The Morgan fingerprint density at radius 2 is 1.96 bits per heavy atom. The normalized spacial score (nSPS) is 11.7. The Labute approximate surface area is 151 Å². The van der Waals surface area contributed by atoms with Crippen LogP contribution in [0.1, 0.15) is 18.3 Å². The first-order valence-electron chi connectivity index (χ1n) is 8.24. The highest BCUT2D eigenvalue weighted by Crippen LogP contribution is 2.15. The fourth-order valence-electron chi connectivity index (χ4n) is 2.42. The molecule has 3 aromatic rings. The zero-order valence-electron chi connectivity index (χ0n) is 14.4. The summed E-state index contributed by atoms with van der Waals surface area (Å²) in [7, 11) is 0. The van der Waals surface area contributed by atoms with Crippen LogP contribution in [-0.2, 0) is 13.1 Å². The van der Waals surface area contributed by atoms with Crippen LogP contribution in [0.2, 0.25) is 0 Å². The Bertz CT molecular complexity index is 840. The summed E-state index contributed by atoms with van der Waals surface area (Å²) < 4.78 is 1.97. The minimum absolute atomic E-state index is 0.558. The molecule has 0 amide bonds. The van der Waals surface area contributed by atoms with Crippen molar-refractivity contribution in [2.45, 2.75) is 24.9 Å². The maximum Gasteiger partial charge on any atom is 0.191 e. The molecule has 6 nitrogen and oxygen atoms in total. The predicted molar refractivity (Wildman–Crippen MR) is 103 cm³/mol. The molecule has 2 heterocycles. The van der Waals surface area contributed by atoms with Gasteiger partial charge in [0, 0.05) is 17.6 Å². The molecule has 0 fully saturated rings. The van der Waals surface area contributed by atoms with Crippen molar-refractivity contribution in [2.75, 3.05) is 12.8 Å². The van der Waals surface area contributed by atoms with Crippen LogP contribution in [-0.4, -0.2) is 33.4 Å². The molecule has 0 atom stereocenters. The highest BCUT2D eigenvalue weighted by molar-refractivity contribution is 7.98. The van der Waals surface area contributed by atoms with E-state index in [2.05, 4.69) is 63.3 Å². The van der Waals surface area contributed by atoms with Gasteiger partial charge in [0.2, 0.25) is 0 Å². The topological polar surface area (TPSA) is 66.6 Å². The Hall–Kier alpha value is -2.54. The molecule has 0 saturated heterocycles. The highest BCUT2D eigenvalue weighted by Gasteiger charge is 2.05. The fraction of sp³-hybridized carbons (Fsp3) is 0.278. The van der Waals surface area contributed by atoms with Gasteiger partial charge in [-0.25, -0.2) is 4.99 Å². The number of fused-ring (bicyclic) bond motifs is 1. The molecule has 0 aliphatic rings. The maximum absolute atomic E-state index is 4.65. The van der Waals surface area contributed by atoms with Crippen LogP contribution in [0.4, 0.5) is 0 Å². The van der Waals surface area contributed by atoms with Gasteiger partial charge < -0.3 is 10.6 Å². The summed E-state index contributed by atoms with van der Waals surface area (Å²) in [5.41, 5.74) is 2.03. The first kappa shape index (κ1) is 17.3. The van der Waals surface area contributed by atoms with E-state index in [9.17, 15) is 0 Å². The fourth-order valence-corrected chi connectivity index (χ4v) is 2.83. The number of nitrogens with one attached hydrogen (secondary N) is 2. The summed E-state index contributed by atoms with van der Waals surface area (Å²) in [5, 5.41) is 15.0. The van der Waals surface area contributed by atoms with Crippen molar-refractivity contribution in [2.24, 2.45) is 4.99 Å². The van der Waals surface area contributed by atoms with Gasteiger partial charge in [-0.2, -0.15) is 0 Å². The molecule has 25 heavy (non-hydrogen) atoms. The minimum atomic E-state index is 0.558. The quantitative estimate of drug-likeness (QED) is 0.405. The lowest BCUT2D eigenvalue weighted by molar-refractivity contribution is 0.765. The number of guanidine groups is 1. The lowest BCUT2D eigenvalue weighted by atomic mass is 10.2. The lowest BCUT2D eigenvalue weighted by Crippen LogP contribution is -2.37. The van der Waals surface area contributed by atoms with Crippen molar-refractivity contribution >= 4 is 23.4 Å². The average Bonchev–Trinajstić information content (AvgIpc) is 3.07. The summed E-state index contributed by atoms with van der Waals surface area (Å²) >= 11 is 1.74. The second-order valence-corrected chi connectivity index (χ2v) is 6.32. The van der Waals surface area contributed by atoms with E-state index in [1.54, 1.807) is 11.8 Å². The first-order chi connectivity index (χ1) is 12.3. The van der Waals surface area contributed by atoms with Crippen molar-refractivity contribution < 1.29 is 0 Å². The molecule has 2 N–H and O–H groups in total. The zero-order valence-corrected chi connectivity index (χ0v) is 15.3. The minimum Gasteiger partial charge on any atom is -0.357 e. The third-order valence-electron chi connectivity index (χ3n) is 3.72. The highest BCUT2D eigenvalue weighted by atomic mass is 32.2. The van der Waals surface area contributed by atoms with Crippen molar-refractivity contribution in [1.82, 2.24) is 25.2 Å². The van der Waals surface area contributed by atoms with Gasteiger partial charge in [-0.15, -0.1) is 22.0 Å². The van der Waals surface area contributed by atoms with E-state index in [-0.39, 0.29) is 0 Å². The number of hydrogen-bond acceptors (Lipinski definition) is 4. The van der Waals surface area contributed by atoms with Crippen LogP contribution in [0.25, 0.3) is 5.65 Å². The molecule has 0 saturated carbocycles. The third-order valence-corrected chi connectivity index (χ3v) is 4.46. The van der Waals surface area contributed by atoms with Crippen LogP contribution in [0.3, 0.4) is 0 Å². The monoisotopic (exact) mass is 354 g/mol. The molecule has 0 bridgehead atoms. The molecule has 2 aromatic heterocycles. The second-order valence-electron chi connectivity index (χ2n) is 5.44. The number of nitrogens with zero attached hydrogens (tertiary/aromatic N) is 4. The van der Waals surface area contributed by atoms with Gasteiger partial charge in [-0.05, 0) is 43.0 Å². The van der Waals surface area contributed by atoms with E-state index in [4.69, 9.17) is 0 Å². The molecule has 0 aliphatic heterocycles. The van der Waals surface area contributed by atoms with Gasteiger partial charge >= 0.3 is 0 Å². The van der Waals surface area contributed by atoms with Crippen LogP contribution < -0.4 is 10.6 Å². The van der Waals surface area contributed by atoms with Crippen molar-refractivity contribution in [3.8, 4) is 0 Å². The molecule has 0 spiro atoms. The second kappa shape index (κ2) is 8.53. The number of thioether (sulfide) groups is 1. The van der Waals surface area contributed by atoms with Crippen LogP contribution >= 0.6 is 11.8 Å². The molecule has 7 heteroatoms. The largest absolute Gasteiger partial charge is 0.357 e. The first-order valence-corrected chi connectivity index (χ1v) is 9.46. The summed E-state index contributed by atoms with van der Waals surface area (Å²) in [4.78, 5) is 5.91. The van der Waals surface area contributed by atoms with Gasteiger partial charge in [0.25, 0.3) is 0 Å². The van der Waals surface area contributed by atoms with E-state index >= 15 is 0 Å². The number of aromatic nitrogens is 3. The maximum atomic E-state index is 4.65. The van der Waals surface area contributed by atoms with Gasteiger partial charge in [0.05, 0.1) is 13.1 Å². The predicted octanol–water partition coefficient (Wildman–Crippen LogP) is 2.71. The Kier molecular flexibility index (Phi) is 5.90. The number of hydrogen-bond donors (Lipinski definition) is 2. The van der Waals surface area contributed by atoms with E-state index in [0.29, 0.717) is 13.1 Å². The van der Waals surface area contributed by atoms with Gasteiger partial charge in [0.1, 0.15) is 0 Å². The zero-order chi connectivity index (χ0) is 17.5. The van der Waals surface area contributed by atoms with E-state index in [1.165, 1.54) is 10.5 Å². The molecule has 0 aliphatic carbocycles. The van der Waals surface area contributed by atoms with Crippen LogP contribution in [0, 0.1) is 0 Å². The summed E-state index contributed by atoms with van der Waals surface area (Å²) in [6, 6.07) is 14.3. The number of pyridine rings is 1. The standard InChI is InChI=1S/C18H22N6S/c1-3-19-18(20-12-14-7-9-15(25-2)10-8-14)21-13-17-23-22-16-6-4-5-11-24(16)17/h4-11H,3,12-13H2,1-2H3,(H2,19,20,21). The molecule has 0 radical (unpaired) electrons. The summed E-state index contributed by atoms with van der Waals surface area (Å²) in [6.07, 6.45) is 4.04. The SMILES string of the molecule is CCNC(=NCc1ccc(SC)cc1)NCc1nnc2ccccn12. The van der Waals surface area contributed by atoms with Crippen molar-refractivity contribution in [1.29, 1.82) is 0 Å². The van der Waals surface area contributed by atoms with E-state index in [1.807, 2.05) is 28.8 Å². The van der Waals surface area contributed by atoms with Crippen LogP contribution in [0.15, 0.2) is 58.5 Å². The third kappa shape index (κ3) is 4.51. The van der Waals surface area contributed by atoms with Crippen molar-refractivity contribution in [3.05, 3.63) is 60.0 Å². The number of rotatable bonds is 6. The smallest absolute Gasteiger partial charge is 0.191 e.